The second kappa shape index (κ2) is 5.59. The van der Waals surface area contributed by atoms with E-state index in [9.17, 15) is 9.18 Å². The molecule has 6 heteroatoms. The Labute approximate surface area is 119 Å². The largest absolute Gasteiger partial charge is 0.478 e. The fraction of sp³-hybridized carbons (Fsp3) is 0. The number of nitrogens with zero attached hydrogens (tertiary/aromatic N) is 1. The lowest BCUT2D eigenvalue weighted by Crippen LogP contribution is -2.03. The van der Waals surface area contributed by atoms with Crippen molar-refractivity contribution in [1.29, 1.82) is 5.26 Å². The quantitative estimate of drug-likeness (QED) is 0.902. The van der Waals surface area contributed by atoms with Crippen LogP contribution in [0.25, 0.3) is 0 Å². The predicted molar refractivity (Wildman–Crippen MR) is 72.8 cm³/mol. The molecule has 0 aliphatic carbocycles. The van der Waals surface area contributed by atoms with Crippen molar-refractivity contribution in [2.45, 2.75) is 0 Å². The summed E-state index contributed by atoms with van der Waals surface area (Å²) in [6.07, 6.45) is 0. The van der Waals surface area contributed by atoms with E-state index in [0.717, 1.165) is 6.07 Å². The highest BCUT2D eigenvalue weighted by atomic mass is 35.5. The second-order valence-electron chi connectivity index (χ2n) is 3.93. The van der Waals surface area contributed by atoms with Crippen LogP contribution in [0.5, 0.6) is 0 Å². The number of aromatic carboxylic acids is 1. The Morgan fingerprint density at radius 1 is 1.25 bits per heavy atom. The molecule has 0 unspecified atom stereocenters. The van der Waals surface area contributed by atoms with Crippen molar-refractivity contribution >= 4 is 28.9 Å². The molecule has 0 aliphatic rings. The fourth-order valence-corrected chi connectivity index (χ4v) is 1.81. The number of nitrogens with one attached hydrogen (secondary N) is 1. The number of carboxylic acids is 1. The van der Waals surface area contributed by atoms with Crippen LogP contribution >= 0.6 is 11.6 Å². The first-order chi connectivity index (χ1) is 9.51. The number of carbonyl (C=O) groups is 1. The fourth-order valence-electron chi connectivity index (χ4n) is 1.63. The molecule has 2 N–H and O–H groups in total. The van der Waals surface area contributed by atoms with E-state index in [4.69, 9.17) is 22.0 Å². The van der Waals surface area contributed by atoms with Gasteiger partial charge in [-0.2, -0.15) is 5.26 Å². The molecule has 20 heavy (non-hydrogen) atoms. The monoisotopic (exact) mass is 290 g/mol. The molecule has 0 amide bonds. The van der Waals surface area contributed by atoms with Gasteiger partial charge >= 0.3 is 5.97 Å². The highest BCUT2D eigenvalue weighted by molar-refractivity contribution is 6.31. The molecule has 0 heterocycles. The summed E-state index contributed by atoms with van der Waals surface area (Å²) >= 11 is 5.73. The van der Waals surface area contributed by atoms with Crippen LogP contribution in [0.1, 0.15) is 15.9 Å². The third-order valence-electron chi connectivity index (χ3n) is 2.58. The van der Waals surface area contributed by atoms with E-state index in [1.165, 1.54) is 30.3 Å². The molecule has 0 spiro atoms. The lowest BCUT2D eigenvalue weighted by molar-refractivity contribution is 0.0698. The minimum atomic E-state index is -1.18. The number of anilines is 2. The number of halogens is 2. The average Bonchev–Trinajstić information content (AvgIpc) is 2.42. The number of rotatable bonds is 3. The van der Waals surface area contributed by atoms with Crippen LogP contribution in [0.3, 0.4) is 0 Å². The van der Waals surface area contributed by atoms with Crippen molar-refractivity contribution in [2.75, 3.05) is 5.32 Å². The lowest BCUT2D eigenvalue weighted by Gasteiger charge is -2.11. The molecule has 0 saturated carbocycles. The van der Waals surface area contributed by atoms with E-state index < -0.39 is 11.8 Å². The van der Waals surface area contributed by atoms with Gasteiger partial charge in [-0.25, -0.2) is 9.18 Å². The Morgan fingerprint density at radius 3 is 2.55 bits per heavy atom. The number of hydrogen-bond donors (Lipinski definition) is 2. The van der Waals surface area contributed by atoms with Crippen LogP contribution in [0.4, 0.5) is 15.8 Å². The van der Waals surface area contributed by atoms with Crippen LogP contribution in [0.15, 0.2) is 36.4 Å². The molecule has 0 aliphatic heterocycles. The van der Waals surface area contributed by atoms with Gasteiger partial charge in [-0.3, -0.25) is 0 Å². The maximum absolute atomic E-state index is 13.7. The Kier molecular flexibility index (Phi) is 3.87. The third kappa shape index (κ3) is 2.87. The zero-order chi connectivity index (χ0) is 14.7. The normalized spacial score (nSPS) is 9.85. The van der Waals surface area contributed by atoms with Crippen LogP contribution in [-0.2, 0) is 0 Å². The van der Waals surface area contributed by atoms with Crippen LogP contribution in [0, 0.1) is 17.1 Å². The molecule has 2 rings (SSSR count). The van der Waals surface area contributed by atoms with Gasteiger partial charge in [-0.15, -0.1) is 0 Å². The zero-order valence-electron chi connectivity index (χ0n) is 10.0. The van der Waals surface area contributed by atoms with Crippen molar-refractivity contribution in [3.8, 4) is 6.07 Å². The van der Waals surface area contributed by atoms with Crippen LogP contribution in [-0.4, -0.2) is 11.1 Å². The maximum Gasteiger partial charge on any atom is 0.337 e. The standard InChI is InChI=1S/C14H8ClFN2O2/c15-9-2-4-12(10(6-9)14(19)20)18-13-3-1-8(7-17)5-11(13)16/h1-6,18H,(H,19,20). The first-order valence-electron chi connectivity index (χ1n) is 5.51. The molecule has 0 bridgehead atoms. The number of benzene rings is 2. The van der Waals surface area contributed by atoms with E-state index in [1.807, 2.05) is 6.07 Å². The maximum atomic E-state index is 13.7. The molecular weight excluding hydrogens is 283 g/mol. The summed E-state index contributed by atoms with van der Waals surface area (Å²) in [7, 11) is 0. The smallest absolute Gasteiger partial charge is 0.337 e. The molecule has 4 nitrogen and oxygen atoms in total. The van der Waals surface area contributed by atoms with Gasteiger partial charge in [0, 0.05) is 5.02 Å². The van der Waals surface area contributed by atoms with Crippen molar-refractivity contribution in [2.24, 2.45) is 0 Å². The summed E-state index contributed by atoms with van der Waals surface area (Å²) in [5.41, 5.74) is 0.406. The van der Waals surface area contributed by atoms with Gasteiger partial charge in [0.15, 0.2) is 0 Å². The van der Waals surface area contributed by atoms with E-state index in [-0.39, 0.29) is 27.5 Å². The molecule has 0 radical (unpaired) electrons. The third-order valence-corrected chi connectivity index (χ3v) is 2.81. The Morgan fingerprint density at radius 2 is 1.95 bits per heavy atom. The van der Waals surface area contributed by atoms with E-state index in [0.29, 0.717) is 0 Å². The van der Waals surface area contributed by atoms with E-state index in [2.05, 4.69) is 5.32 Å². The Bertz CT molecular complexity index is 726. The molecule has 0 fully saturated rings. The molecular formula is C14H8ClFN2O2. The highest BCUT2D eigenvalue weighted by Crippen LogP contribution is 2.26. The number of nitriles is 1. The highest BCUT2D eigenvalue weighted by Gasteiger charge is 2.12. The topological polar surface area (TPSA) is 73.1 Å². The molecule has 0 atom stereocenters. The van der Waals surface area contributed by atoms with Crippen LogP contribution < -0.4 is 5.32 Å². The Balaban J connectivity index is 2.40. The van der Waals surface area contributed by atoms with Gasteiger partial charge in [-0.1, -0.05) is 11.6 Å². The minimum Gasteiger partial charge on any atom is -0.478 e. The molecule has 2 aromatic rings. The average molecular weight is 291 g/mol. The molecule has 0 saturated heterocycles. The van der Waals surface area contributed by atoms with Crippen molar-refractivity contribution in [3.63, 3.8) is 0 Å². The van der Waals surface area contributed by atoms with Gasteiger partial charge in [0.1, 0.15) is 5.82 Å². The predicted octanol–water partition coefficient (Wildman–Crippen LogP) is 3.79. The summed E-state index contributed by atoms with van der Waals surface area (Å²) in [5.74, 6) is -1.82. The van der Waals surface area contributed by atoms with Gasteiger partial charge in [0.05, 0.1) is 28.6 Å². The van der Waals surface area contributed by atoms with Crippen molar-refractivity contribution in [1.82, 2.24) is 0 Å². The van der Waals surface area contributed by atoms with Crippen molar-refractivity contribution < 1.29 is 14.3 Å². The summed E-state index contributed by atoms with van der Waals surface area (Å²) in [6, 6.07) is 9.90. The van der Waals surface area contributed by atoms with Gasteiger partial charge < -0.3 is 10.4 Å². The first-order valence-corrected chi connectivity index (χ1v) is 5.88. The van der Waals surface area contributed by atoms with Gasteiger partial charge in [0.2, 0.25) is 0 Å². The van der Waals surface area contributed by atoms with Gasteiger partial charge in [0.25, 0.3) is 0 Å². The number of hydrogen-bond acceptors (Lipinski definition) is 3. The Hall–Kier alpha value is -2.58. The molecule has 0 aromatic heterocycles. The second-order valence-corrected chi connectivity index (χ2v) is 4.36. The first kappa shape index (κ1) is 13.8. The SMILES string of the molecule is N#Cc1ccc(Nc2ccc(Cl)cc2C(=O)O)c(F)c1. The summed E-state index contributed by atoms with van der Waals surface area (Å²) in [5, 5.41) is 20.7. The minimum absolute atomic E-state index is 0.0683. The van der Waals surface area contributed by atoms with Crippen LogP contribution in [0.2, 0.25) is 5.02 Å². The molecule has 2 aromatic carbocycles. The van der Waals surface area contributed by atoms with Gasteiger partial charge in [-0.05, 0) is 36.4 Å². The van der Waals surface area contributed by atoms with Crippen molar-refractivity contribution in [3.05, 3.63) is 58.4 Å². The van der Waals surface area contributed by atoms with E-state index in [1.54, 1.807) is 0 Å². The summed E-state index contributed by atoms with van der Waals surface area (Å²) in [6.45, 7) is 0. The lowest BCUT2D eigenvalue weighted by atomic mass is 10.1. The summed E-state index contributed by atoms with van der Waals surface area (Å²) in [4.78, 5) is 11.1. The zero-order valence-corrected chi connectivity index (χ0v) is 10.8. The number of carboxylic acid groups (broad SMARTS) is 1. The summed E-state index contributed by atoms with van der Waals surface area (Å²) < 4.78 is 13.7. The van der Waals surface area contributed by atoms with E-state index >= 15 is 0 Å². The molecule has 100 valence electrons.